The fourth-order valence-electron chi connectivity index (χ4n) is 0.585. The molecule has 0 saturated carbocycles. The van der Waals surface area contributed by atoms with Crippen molar-refractivity contribution in [2.45, 2.75) is 11.6 Å². The Bertz CT molecular complexity index is 181. The maximum Gasteiger partial charge on any atom is 0.115 e. The molecule has 0 fully saturated rings. The molecule has 0 spiro atoms. The zero-order valence-corrected chi connectivity index (χ0v) is 5.74. The van der Waals surface area contributed by atoms with Crippen LogP contribution in [-0.4, -0.2) is 0 Å². The molecule has 0 heterocycles. The van der Waals surface area contributed by atoms with Gasteiger partial charge in [0.1, 0.15) is 6.67 Å². The van der Waals surface area contributed by atoms with Crippen LogP contribution in [0.4, 0.5) is 4.39 Å². The standard InChI is InChI=1S/C7H7FS/c8-5-6-1-3-7(9)4-2-6/h1-4,9H,5H2. The normalized spacial score (nSPS) is 9.56. The molecule has 48 valence electrons. The summed E-state index contributed by atoms with van der Waals surface area (Å²) in [5.41, 5.74) is 0.702. The van der Waals surface area contributed by atoms with E-state index in [1.165, 1.54) is 0 Å². The Morgan fingerprint density at radius 1 is 1.22 bits per heavy atom. The summed E-state index contributed by atoms with van der Waals surface area (Å²) >= 11 is 4.05. The lowest BCUT2D eigenvalue weighted by Crippen LogP contribution is -1.74. The van der Waals surface area contributed by atoms with Crippen LogP contribution in [0, 0.1) is 0 Å². The maximum absolute atomic E-state index is 11.8. The Labute approximate surface area is 59.1 Å². The predicted octanol–water partition coefficient (Wildman–Crippen LogP) is 2.44. The number of alkyl halides is 1. The molecule has 2 heteroatoms. The highest BCUT2D eigenvalue weighted by atomic mass is 32.1. The monoisotopic (exact) mass is 142 g/mol. The van der Waals surface area contributed by atoms with Gasteiger partial charge < -0.3 is 0 Å². The summed E-state index contributed by atoms with van der Waals surface area (Å²) < 4.78 is 11.8. The van der Waals surface area contributed by atoms with Gasteiger partial charge in [-0.2, -0.15) is 0 Å². The van der Waals surface area contributed by atoms with E-state index in [0.717, 1.165) is 4.90 Å². The van der Waals surface area contributed by atoms with Gasteiger partial charge in [-0.1, -0.05) is 12.1 Å². The third-order valence-corrected chi connectivity index (χ3v) is 1.39. The molecule has 0 aliphatic rings. The summed E-state index contributed by atoms with van der Waals surface area (Å²) in [5.74, 6) is 0. The number of rotatable bonds is 1. The average Bonchev–Trinajstić information content (AvgIpc) is 1.90. The molecule has 0 atom stereocenters. The van der Waals surface area contributed by atoms with Gasteiger partial charge in [0.25, 0.3) is 0 Å². The SMILES string of the molecule is FCc1ccc(S)cc1. The van der Waals surface area contributed by atoms with Crippen LogP contribution in [0.1, 0.15) is 5.56 Å². The minimum atomic E-state index is -0.395. The maximum atomic E-state index is 11.8. The van der Waals surface area contributed by atoms with Gasteiger partial charge in [-0.25, -0.2) is 4.39 Å². The third-order valence-electron chi connectivity index (χ3n) is 1.09. The first-order valence-corrected chi connectivity index (χ1v) is 3.11. The van der Waals surface area contributed by atoms with E-state index in [-0.39, 0.29) is 0 Å². The molecule has 1 rings (SSSR count). The Morgan fingerprint density at radius 3 is 2.22 bits per heavy atom. The van der Waals surface area contributed by atoms with Crippen molar-refractivity contribution in [3.05, 3.63) is 29.8 Å². The van der Waals surface area contributed by atoms with Crippen LogP contribution < -0.4 is 0 Å². The quantitative estimate of drug-likeness (QED) is 0.572. The lowest BCUT2D eigenvalue weighted by molar-refractivity contribution is 0.485. The van der Waals surface area contributed by atoms with Crippen LogP contribution >= 0.6 is 12.6 Å². The molecule has 0 aliphatic heterocycles. The van der Waals surface area contributed by atoms with Crippen molar-refractivity contribution in [2.75, 3.05) is 0 Å². The topological polar surface area (TPSA) is 0 Å². The van der Waals surface area contributed by atoms with Crippen molar-refractivity contribution < 1.29 is 4.39 Å². The van der Waals surface area contributed by atoms with Crippen molar-refractivity contribution in [3.63, 3.8) is 0 Å². The van der Waals surface area contributed by atoms with Crippen molar-refractivity contribution >= 4 is 12.6 Å². The van der Waals surface area contributed by atoms with E-state index in [1.54, 1.807) is 24.3 Å². The first kappa shape index (κ1) is 6.62. The highest BCUT2D eigenvalue weighted by molar-refractivity contribution is 7.80. The Balaban J connectivity index is 2.88. The van der Waals surface area contributed by atoms with Gasteiger partial charge in [0.05, 0.1) is 0 Å². The minimum absolute atomic E-state index is 0.395. The zero-order chi connectivity index (χ0) is 6.69. The van der Waals surface area contributed by atoms with Crippen LogP contribution in [0.2, 0.25) is 0 Å². The molecule has 0 radical (unpaired) electrons. The zero-order valence-electron chi connectivity index (χ0n) is 4.84. The van der Waals surface area contributed by atoms with Crippen LogP contribution in [0.3, 0.4) is 0 Å². The lowest BCUT2D eigenvalue weighted by atomic mass is 10.2. The molecule has 0 aliphatic carbocycles. The molecule has 0 bridgehead atoms. The molecule has 1 aromatic carbocycles. The fraction of sp³-hybridized carbons (Fsp3) is 0.143. The molecule has 0 saturated heterocycles. The second-order valence-corrected chi connectivity index (χ2v) is 2.32. The summed E-state index contributed by atoms with van der Waals surface area (Å²) in [4.78, 5) is 0.868. The molecule has 9 heavy (non-hydrogen) atoms. The van der Waals surface area contributed by atoms with Crippen LogP contribution in [0.25, 0.3) is 0 Å². The van der Waals surface area contributed by atoms with Gasteiger partial charge >= 0.3 is 0 Å². The van der Waals surface area contributed by atoms with Crippen molar-refractivity contribution in [1.29, 1.82) is 0 Å². The third kappa shape index (κ3) is 1.72. The molecule has 0 amide bonds. The van der Waals surface area contributed by atoms with Gasteiger partial charge in [0.2, 0.25) is 0 Å². The van der Waals surface area contributed by atoms with Crippen LogP contribution in [0.5, 0.6) is 0 Å². The van der Waals surface area contributed by atoms with Crippen molar-refractivity contribution in [2.24, 2.45) is 0 Å². The largest absolute Gasteiger partial charge is 0.246 e. The molecule has 0 aromatic heterocycles. The first-order valence-electron chi connectivity index (χ1n) is 2.67. The minimum Gasteiger partial charge on any atom is -0.246 e. The van der Waals surface area contributed by atoms with Crippen LogP contribution in [-0.2, 0) is 6.67 Å². The summed E-state index contributed by atoms with van der Waals surface area (Å²) in [7, 11) is 0. The van der Waals surface area contributed by atoms with Gasteiger partial charge in [0.15, 0.2) is 0 Å². The molecular formula is C7H7FS. The van der Waals surface area contributed by atoms with E-state index >= 15 is 0 Å². The Hall–Kier alpha value is -0.500. The highest BCUT2D eigenvalue weighted by Crippen LogP contribution is 2.07. The summed E-state index contributed by atoms with van der Waals surface area (Å²) in [6.45, 7) is -0.395. The summed E-state index contributed by atoms with van der Waals surface area (Å²) in [5, 5.41) is 0. The van der Waals surface area contributed by atoms with E-state index in [2.05, 4.69) is 12.6 Å². The molecule has 0 N–H and O–H groups in total. The second-order valence-electron chi connectivity index (χ2n) is 1.80. The molecule has 1 aromatic rings. The van der Waals surface area contributed by atoms with Crippen LogP contribution in [0.15, 0.2) is 29.2 Å². The second kappa shape index (κ2) is 2.87. The van der Waals surface area contributed by atoms with Gasteiger partial charge in [-0.3, -0.25) is 0 Å². The van der Waals surface area contributed by atoms with Gasteiger partial charge in [-0.05, 0) is 17.7 Å². The van der Waals surface area contributed by atoms with Gasteiger partial charge in [-0.15, -0.1) is 12.6 Å². The van der Waals surface area contributed by atoms with E-state index in [9.17, 15) is 4.39 Å². The van der Waals surface area contributed by atoms with E-state index in [0.29, 0.717) is 5.56 Å². The first-order chi connectivity index (χ1) is 4.33. The highest BCUT2D eigenvalue weighted by Gasteiger charge is 1.87. The number of benzene rings is 1. The lowest BCUT2D eigenvalue weighted by Gasteiger charge is -1.92. The molecular weight excluding hydrogens is 135 g/mol. The van der Waals surface area contributed by atoms with E-state index in [4.69, 9.17) is 0 Å². The van der Waals surface area contributed by atoms with Crippen molar-refractivity contribution in [3.8, 4) is 0 Å². The van der Waals surface area contributed by atoms with Gasteiger partial charge in [0, 0.05) is 4.90 Å². The smallest absolute Gasteiger partial charge is 0.115 e. The summed E-state index contributed by atoms with van der Waals surface area (Å²) in [6, 6.07) is 7.00. The van der Waals surface area contributed by atoms with Crippen molar-refractivity contribution in [1.82, 2.24) is 0 Å². The predicted molar refractivity (Wildman–Crippen MR) is 38.5 cm³/mol. The molecule has 0 unspecified atom stereocenters. The van der Waals surface area contributed by atoms with E-state index in [1.807, 2.05) is 0 Å². The summed E-state index contributed by atoms with van der Waals surface area (Å²) in [6.07, 6.45) is 0. The molecule has 0 nitrogen and oxygen atoms in total. The fourth-order valence-corrected chi connectivity index (χ4v) is 0.734. The van der Waals surface area contributed by atoms with E-state index < -0.39 is 6.67 Å². The number of hydrogen-bond donors (Lipinski definition) is 1. The Kier molecular flexibility index (Phi) is 2.11. The Morgan fingerprint density at radius 2 is 1.78 bits per heavy atom. The number of thiol groups is 1. The number of halogens is 1. The average molecular weight is 142 g/mol. The number of hydrogen-bond acceptors (Lipinski definition) is 1.